The maximum atomic E-state index is 11.0. The van der Waals surface area contributed by atoms with Crippen molar-refractivity contribution in [3.8, 4) is 0 Å². The van der Waals surface area contributed by atoms with Gasteiger partial charge in [0.15, 0.2) is 0 Å². The molecule has 0 spiro atoms. The van der Waals surface area contributed by atoms with Gasteiger partial charge in [-0.05, 0) is 46.3 Å². The van der Waals surface area contributed by atoms with Gasteiger partial charge in [-0.15, -0.1) is 11.8 Å². The molecule has 98 valence electrons. The Hall–Kier alpha value is -1.04. The second-order valence-electron chi connectivity index (χ2n) is 3.69. The van der Waals surface area contributed by atoms with E-state index in [9.17, 15) is 4.79 Å². The molecular formula is C13H9BrClNO2S. The van der Waals surface area contributed by atoms with E-state index in [0.717, 1.165) is 10.6 Å². The van der Waals surface area contributed by atoms with Crippen LogP contribution in [-0.4, -0.2) is 16.1 Å². The molecule has 3 nitrogen and oxygen atoms in total. The molecule has 0 aliphatic heterocycles. The minimum atomic E-state index is -0.949. The minimum absolute atomic E-state index is 0.254. The Morgan fingerprint density at radius 2 is 2.16 bits per heavy atom. The highest BCUT2D eigenvalue weighted by molar-refractivity contribution is 9.10. The Bertz CT molecular complexity index is 621. The number of aromatic carboxylic acids is 1. The van der Waals surface area contributed by atoms with Crippen molar-refractivity contribution in [2.24, 2.45) is 0 Å². The normalized spacial score (nSPS) is 10.4. The Balaban J connectivity index is 2.12. The third-order valence-electron chi connectivity index (χ3n) is 2.33. The Morgan fingerprint density at radius 1 is 1.37 bits per heavy atom. The number of carboxylic acids is 1. The molecule has 19 heavy (non-hydrogen) atoms. The van der Waals surface area contributed by atoms with Crippen LogP contribution in [-0.2, 0) is 5.75 Å². The van der Waals surface area contributed by atoms with Gasteiger partial charge in [0.1, 0.15) is 5.15 Å². The lowest BCUT2D eigenvalue weighted by Gasteiger charge is -2.04. The van der Waals surface area contributed by atoms with Crippen LogP contribution >= 0.6 is 39.3 Å². The molecule has 1 aromatic heterocycles. The number of halogens is 2. The second kappa shape index (κ2) is 6.41. The fourth-order valence-corrected chi connectivity index (χ4v) is 2.88. The van der Waals surface area contributed by atoms with Crippen molar-refractivity contribution in [2.45, 2.75) is 10.6 Å². The van der Waals surface area contributed by atoms with E-state index in [1.165, 1.54) is 11.8 Å². The SMILES string of the molecule is O=C(O)c1cc(SCc2cccc(Cl)n2)ccc1Br. The van der Waals surface area contributed by atoms with Gasteiger partial charge in [0.2, 0.25) is 0 Å². The van der Waals surface area contributed by atoms with E-state index in [-0.39, 0.29) is 5.56 Å². The number of nitrogens with zero attached hydrogens (tertiary/aromatic N) is 1. The van der Waals surface area contributed by atoms with Gasteiger partial charge in [0.05, 0.1) is 11.3 Å². The maximum absolute atomic E-state index is 11.0. The summed E-state index contributed by atoms with van der Waals surface area (Å²) in [7, 11) is 0. The Kier molecular flexibility index (Phi) is 4.85. The van der Waals surface area contributed by atoms with Gasteiger partial charge in [-0.2, -0.15) is 0 Å². The van der Waals surface area contributed by atoms with Gasteiger partial charge in [0, 0.05) is 15.1 Å². The molecule has 6 heteroatoms. The maximum Gasteiger partial charge on any atom is 0.336 e. The number of thioether (sulfide) groups is 1. The van der Waals surface area contributed by atoms with Gasteiger partial charge >= 0.3 is 5.97 Å². The van der Waals surface area contributed by atoms with Crippen molar-refractivity contribution in [3.05, 3.63) is 57.3 Å². The first kappa shape index (κ1) is 14.4. The number of carboxylic acid groups (broad SMARTS) is 1. The second-order valence-corrected chi connectivity index (χ2v) is 5.98. The third kappa shape index (κ3) is 3.96. The number of pyridine rings is 1. The monoisotopic (exact) mass is 357 g/mol. The first-order valence-corrected chi connectivity index (χ1v) is 7.49. The topological polar surface area (TPSA) is 50.2 Å². The summed E-state index contributed by atoms with van der Waals surface area (Å²) in [5, 5.41) is 9.50. The molecule has 2 rings (SSSR count). The first-order valence-electron chi connectivity index (χ1n) is 5.33. The van der Waals surface area contributed by atoms with E-state index in [0.29, 0.717) is 15.4 Å². The standard InChI is InChI=1S/C13H9BrClNO2S/c14-11-5-4-9(6-10(11)13(17)18)19-7-8-2-1-3-12(15)16-8/h1-6H,7H2,(H,17,18). The van der Waals surface area contributed by atoms with Crippen LogP contribution in [0.3, 0.4) is 0 Å². The predicted octanol–water partition coefficient (Wildman–Crippen LogP) is 4.49. The number of carbonyl (C=O) groups is 1. The number of aromatic nitrogens is 1. The van der Waals surface area contributed by atoms with Crippen molar-refractivity contribution in [1.82, 2.24) is 4.98 Å². The Labute approximate surface area is 128 Å². The molecule has 0 saturated heterocycles. The van der Waals surface area contributed by atoms with Crippen LogP contribution in [0.2, 0.25) is 5.15 Å². The van der Waals surface area contributed by atoms with Gasteiger partial charge < -0.3 is 5.11 Å². The molecule has 0 atom stereocenters. The lowest BCUT2D eigenvalue weighted by atomic mass is 10.2. The van der Waals surface area contributed by atoms with E-state index in [1.54, 1.807) is 18.2 Å². The highest BCUT2D eigenvalue weighted by Crippen LogP contribution is 2.27. The van der Waals surface area contributed by atoms with Crippen molar-refractivity contribution in [2.75, 3.05) is 0 Å². The first-order chi connectivity index (χ1) is 9.06. The molecule has 1 N–H and O–H groups in total. The molecule has 0 bridgehead atoms. The smallest absolute Gasteiger partial charge is 0.336 e. The summed E-state index contributed by atoms with van der Waals surface area (Å²) < 4.78 is 0.574. The molecule has 2 aromatic rings. The van der Waals surface area contributed by atoms with E-state index >= 15 is 0 Å². The fraction of sp³-hybridized carbons (Fsp3) is 0.0769. The third-order valence-corrected chi connectivity index (χ3v) is 4.26. The molecule has 0 radical (unpaired) electrons. The van der Waals surface area contributed by atoms with E-state index in [4.69, 9.17) is 16.7 Å². The van der Waals surface area contributed by atoms with Gasteiger partial charge in [0.25, 0.3) is 0 Å². The number of benzene rings is 1. The number of hydrogen-bond donors (Lipinski definition) is 1. The van der Waals surface area contributed by atoms with E-state index in [1.807, 2.05) is 18.2 Å². The van der Waals surface area contributed by atoms with E-state index in [2.05, 4.69) is 20.9 Å². The summed E-state index contributed by atoms with van der Waals surface area (Å²) in [4.78, 5) is 16.1. The highest BCUT2D eigenvalue weighted by atomic mass is 79.9. The Morgan fingerprint density at radius 3 is 2.84 bits per heavy atom. The summed E-state index contributed by atoms with van der Waals surface area (Å²) in [6.07, 6.45) is 0. The van der Waals surface area contributed by atoms with Crippen LogP contribution in [0, 0.1) is 0 Å². The largest absolute Gasteiger partial charge is 0.478 e. The highest BCUT2D eigenvalue weighted by Gasteiger charge is 2.09. The lowest BCUT2D eigenvalue weighted by molar-refractivity contribution is 0.0695. The van der Waals surface area contributed by atoms with Crippen LogP contribution in [0.4, 0.5) is 0 Å². The van der Waals surface area contributed by atoms with Crippen molar-refractivity contribution < 1.29 is 9.90 Å². The molecule has 0 aliphatic carbocycles. The predicted molar refractivity (Wildman–Crippen MR) is 79.9 cm³/mol. The lowest BCUT2D eigenvalue weighted by Crippen LogP contribution is -1.97. The molecule has 0 saturated carbocycles. The van der Waals surface area contributed by atoms with Crippen molar-refractivity contribution in [1.29, 1.82) is 0 Å². The summed E-state index contributed by atoms with van der Waals surface area (Å²) >= 11 is 10.5. The van der Waals surface area contributed by atoms with Crippen molar-refractivity contribution in [3.63, 3.8) is 0 Å². The summed E-state index contributed by atoms with van der Waals surface area (Å²) in [6.45, 7) is 0. The quantitative estimate of drug-likeness (QED) is 0.646. The zero-order chi connectivity index (χ0) is 13.8. The zero-order valence-electron chi connectivity index (χ0n) is 9.64. The van der Waals surface area contributed by atoms with Gasteiger partial charge in [-0.25, -0.2) is 9.78 Å². The fourth-order valence-electron chi connectivity index (χ4n) is 1.45. The molecule has 0 amide bonds. The zero-order valence-corrected chi connectivity index (χ0v) is 12.8. The summed E-state index contributed by atoms with van der Waals surface area (Å²) in [6, 6.07) is 10.7. The van der Waals surface area contributed by atoms with E-state index < -0.39 is 5.97 Å². The van der Waals surface area contributed by atoms with Crippen LogP contribution in [0.15, 0.2) is 45.8 Å². The summed E-state index contributed by atoms with van der Waals surface area (Å²) in [5.74, 6) is -0.309. The number of rotatable bonds is 4. The average molecular weight is 359 g/mol. The van der Waals surface area contributed by atoms with Crippen LogP contribution in [0.5, 0.6) is 0 Å². The molecule has 0 fully saturated rings. The van der Waals surface area contributed by atoms with Gasteiger partial charge in [-0.3, -0.25) is 0 Å². The summed E-state index contributed by atoms with van der Waals surface area (Å²) in [5.41, 5.74) is 1.11. The minimum Gasteiger partial charge on any atom is -0.478 e. The molecule has 0 unspecified atom stereocenters. The molecule has 1 heterocycles. The van der Waals surface area contributed by atoms with Crippen molar-refractivity contribution >= 4 is 45.3 Å². The van der Waals surface area contributed by atoms with Crippen LogP contribution in [0.1, 0.15) is 16.1 Å². The van der Waals surface area contributed by atoms with Gasteiger partial charge in [-0.1, -0.05) is 17.7 Å². The molecule has 1 aromatic carbocycles. The number of hydrogen-bond acceptors (Lipinski definition) is 3. The average Bonchev–Trinajstić information content (AvgIpc) is 2.37. The van der Waals surface area contributed by atoms with Crippen LogP contribution < -0.4 is 0 Å². The molecule has 0 aliphatic rings. The molecular weight excluding hydrogens is 350 g/mol. The van der Waals surface area contributed by atoms with Crippen LogP contribution in [0.25, 0.3) is 0 Å².